The van der Waals surface area contributed by atoms with Crippen LogP contribution in [0, 0.1) is 13.8 Å². The van der Waals surface area contributed by atoms with Gasteiger partial charge in [0.15, 0.2) is 11.6 Å². The van der Waals surface area contributed by atoms with E-state index in [0.717, 1.165) is 50.1 Å². The van der Waals surface area contributed by atoms with E-state index in [1.807, 2.05) is 41.8 Å². The number of benzene rings is 1. The molecule has 0 spiro atoms. The fraction of sp³-hybridized carbons (Fsp3) is 0.542. The number of methoxy groups -OCH3 is 1. The van der Waals surface area contributed by atoms with E-state index in [-0.39, 0.29) is 17.7 Å². The first-order valence-electron chi connectivity index (χ1n) is 11.2. The van der Waals surface area contributed by atoms with Gasteiger partial charge in [0.05, 0.1) is 7.11 Å². The molecule has 1 aromatic heterocycles. The molecule has 0 bridgehead atoms. The highest BCUT2D eigenvalue weighted by Crippen LogP contribution is 2.30. The molecular formula is C24H31N3O4. The molecule has 2 aromatic rings. The standard InChI is InChI=1S/C24H31N3O4/c1-16-15-19(30-3)7-8-20(16)23(28)27-13-9-18(10-14-27)22-25-21(17(2)31-22)24(29)26-11-5-4-6-12-26/h7-8,15,18H,4-6,9-14H2,1-3H3. The highest BCUT2D eigenvalue weighted by molar-refractivity contribution is 5.96. The first-order valence-corrected chi connectivity index (χ1v) is 11.2. The highest BCUT2D eigenvalue weighted by Gasteiger charge is 2.31. The van der Waals surface area contributed by atoms with Crippen molar-refractivity contribution in [3.63, 3.8) is 0 Å². The minimum atomic E-state index is -0.0187. The van der Waals surface area contributed by atoms with Crippen molar-refractivity contribution in [2.45, 2.75) is 51.9 Å². The van der Waals surface area contributed by atoms with Crippen LogP contribution in [-0.2, 0) is 0 Å². The first-order chi connectivity index (χ1) is 15.0. The van der Waals surface area contributed by atoms with Crippen LogP contribution in [0.5, 0.6) is 5.75 Å². The lowest BCUT2D eigenvalue weighted by Gasteiger charge is -2.31. The van der Waals surface area contributed by atoms with Crippen LogP contribution in [0.1, 0.15) is 76.1 Å². The van der Waals surface area contributed by atoms with Gasteiger partial charge in [0, 0.05) is 37.7 Å². The molecule has 2 amide bonds. The number of hydrogen-bond acceptors (Lipinski definition) is 5. The van der Waals surface area contributed by atoms with Gasteiger partial charge in [-0.1, -0.05) is 0 Å². The van der Waals surface area contributed by atoms with E-state index < -0.39 is 0 Å². The van der Waals surface area contributed by atoms with Gasteiger partial charge in [-0.25, -0.2) is 4.98 Å². The second-order valence-corrected chi connectivity index (χ2v) is 8.56. The Balaban J connectivity index is 1.40. The van der Waals surface area contributed by atoms with E-state index >= 15 is 0 Å². The Kier molecular flexibility index (Phi) is 6.30. The van der Waals surface area contributed by atoms with Crippen molar-refractivity contribution in [3.05, 3.63) is 46.7 Å². The maximum atomic E-state index is 13.0. The number of hydrogen-bond donors (Lipinski definition) is 0. The molecule has 7 heteroatoms. The molecular weight excluding hydrogens is 394 g/mol. The van der Waals surface area contributed by atoms with Gasteiger partial charge in [-0.05, 0) is 69.7 Å². The average molecular weight is 426 g/mol. The molecule has 2 saturated heterocycles. The van der Waals surface area contributed by atoms with Gasteiger partial charge in [-0.15, -0.1) is 0 Å². The molecule has 1 aromatic carbocycles. The molecule has 0 radical (unpaired) electrons. The number of piperidine rings is 2. The number of nitrogens with zero attached hydrogens (tertiary/aromatic N) is 3. The van der Waals surface area contributed by atoms with Crippen LogP contribution in [0.25, 0.3) is 0 Å². The van der Waals surface area contributed by atoms with Gasteiger partial charge < -0.3 is 19.0 Å². The fourth-order valence-corrected chi connectivity index (χ4v) is 4.54. The zero-order chi connectivity index (χ0) is 22.0. The van der Waals surface area contributed by atoms with Crippen LogP contribution in [0.3, 0.4) is 0 Å². The molecule has 0 aliphatic carbocycles. The number of carbonyl (C=O) groups excluding carboxylic acids is 2. The maximum Gasteiger partial charge on any atom is 0.276 e. The predicted molar refractivity (Wildman–Crippen MR) is 117 cm³/mol. The Morgan fingerprint density at radius 3 is 2.32 bits per heavy atom. The Bertz CT molecular complexity index is 954. The van der Waals surface area contributed by atoms with Crippen molar-refractivity contribution < 1.29 is 18.7 Å². The summed E-state index contributed by atoms with van der Waals surface area (Å²) in [6.07, 6.45) is 4.84. The van der Waals surface area contributed by atoms with Crippen LogP contribution in [0.4, 0.5) is 0 Å². The summed E-state index contributed by atoms with van der Waals surface area (Å²) in [6.45, 7) is 6.63. The van der Waals surface area contributed by atoms with Gasteiger partial charge in [-0.2, -0.15) is 0 Å². The molecule has 0 unspecified atom stereocenters. The van der Waals surface area contributed by atoms with Crippen molar-refractivity contribution in [2.24, 2.45) is 0 Å². The summed E-state index contributed by atoms with van der Waals surface area (Å²) in [4.78, 5) is 34.2. The zero-order valence-electron chi connectivity index (χ0n) is 18.6. The Labute approximate surface area is 183 Å². The van der Waals surface area contributed by atoms with Crippen LogP contribution >= 0.6 is 0 Å². The molecule has 2 fully saturated rings. The second-order valence-electron chi connectivity index (χ2n) is 8.56. The topological polar surface area (TPSA) is 75.9 Å². The third kappa shape index (κ3) is 4.45. The van der Waals surface area contributed by atoms with Gasteiger partial charge >= 0.3 is 0 Å². The van der Waals surface area contributed by atoms with Crippen LogP contribution < -0.4 is 4.74 Å². The minimum absolute atomic E-state index is 0.0187. The first kappa shape index (κ1) is 21.4. The van der Waals surface area contributed by atoms with Crippen molar-refractivity contribution >= 4 is 11.8 Å². The number of aryl methyl sites for hydroxylation is 2. The van der Waals surface area contributed by atoms with Crippen molar-refractivity contribution in [1.82, 2.24) is 14.8 Å². The van der Waals surface area contributed by atoms with Gasteiger partial charge in [-0.3, -0.25) is 9.59 Å². The SMILES string of the molecule is COc1ccc(C(=O)N2CCC(c3nc(C(=O)N4CCCCC4)c(C)o3)CC2)c(C)c1. The molecule has 0 saturated carbocycles. The Morgan fingerprint density at radius 2 is 1.68 bits per heavy atom. The lowest BCUT2D eigenvalue weighted by molar-refractivity contribution is 0.0703. The van der Waals surface area contributed by atoms with E-state index in [0.29, 0.717) is 36.0 Å². The quantitative estimate of drug-likeness (QED) is 0.741. The lowest BCUT2D eigenvalue weighted by Crippen LogP contribution is -2.38. The minimum Gasteiger partial charge on any atom is -0.497 e. The van der Waals surface area contributed by atoms with Gasteiger partial charge in [0.25, 0.3) is 11.8 Å². The van der Waals surface area contributed by atoms with Gasteiger partial charge in [0.2, 0.25) is 0 Å². The van der Waals surface area contributed by atoms with Crippen molar-refractivity contribution in [1.29, 1.82) is 0 Å². The van der Waals surface area contributed by atoms with Crippen LogP contribution in [0.2, 0.25) is 0 Å². The number of carbonyl (C=O) groups is 2. The maximum absolute atomic E-state index is 13.0. The summed E-state index contributed by atoms with van der Waals surface area (Å²) in [5.41, 5.74) is 2.07. The molecule has 3 heterocycles. The monoisotopic (exact) mass is 425 g/mol. The number of oxazole rings is 1. The van der Waals surface area contributed by atoms with Crippen LogP contribution in [0.15, 0.2) is 22.6 Å². The summed E-state index contributed by atoms with van der Waals surface area (Å²) < 4.78 is 11.2. The van der Waals surface area contributed by atoms with Crippen molar-refractivity contribution in [3.8, 4) is 5.75 Å². The third-order valence-electron chi connectivity index (χ3n) is 6.45. The molecule has 2 aliphatic rings. The summed E-state index contributed by atoms with van der Waals surface area (Å²) in [7, 11) is 1.62. The normalized spacial score (nSPS) is 17.6. The van der Waals surface area contributed by atoms with E-state index in [1.165, 1.54) is 6.42 Å². The van der Waals surface area contributed by atoms with E-state index in [2.05, 4.69) is 4.98 Å². The molecule has 0 N–H and O–H groups in total. The second kappa shape index (κ2) is 9.12. The third-order valence-corrected chi connectivity index (χ3v) is 6.45. The predicted octanol–water partition coefficient (Wildman–Crippen LogP) is 3.95. The molecule has 2 aliphatic heterocycles. The smallest absolute Gasteiger partial charge is 0.276 e. The number of rotatable bonds is 4. The summed E-state index contributed by atoms with van der Waals surface area (Å²) in [6, 6.07) is 5.54. The zero-order valence-corrected chi connectivity index (χ0v) is 18.6. The van der Waals surface area contributed by atoms with E-state index in [9.17, 15) is 9.59 Å². The molecule has 166 valence electrons. The van der Waals surface area contributed by atoms with Crippen molar-refractivity contribution in [2.75, 3.05) is 33.3 Å². The number of aromatic nitrogens is 1. The summed E-state index contributed by atoms with van der Waals surface area (Å²) in [5, 5.41) is 0. The molecule has 0 atom stereocenters. The largest absolute Gasteiger partial charge is 0.497 e. The summed E-state index contributed by atoms with van der Waals surface area (Å²) >= 11 is 0. The van der Waals surface area contributed by atoms with Crippen LogP contribution in [-0.4, -0.2) is 59.9 Å². The Morgan fingerprint density at radius 1 is 1.00 bits per heavy atom. The lowest BCUT2D eigenvalue weighted by atomic mass is 9.95. The van der Waals surface area contributed by atoms with E-state index in [4.69, 9.17) is 9.15 Å². The Hall–Kier alpha value is -2.83. The molecule has 7 nitrogen and oxygen atoms in total. The molecule has 31 heavy (non-hydrogen) atoms. The average Bonchev–Trinajstić information content (AvgIpc) is 3.20. The highest BCUT2D eigenvalue weighted by atomic mass is 16.5. The van der Waals surface area contributed by atoms with Gasteiger partial charge in [0.1, 0.15) is 11.5 Å². The number of ether oxygens (including phenoxy) is 1. The van der Waals surface area contributed by atoms with E-state index in [1.54, 1.807) is 7.11 Å². The summed E-state index contributed by atoms with van der Waals surface area (Å²) in [5.74, 6) is 2.13. The number of amides is 2. The number of likely N-dealkylation sites (tertiary alicyclic amines) is 2. The fourth-order valence-electron chi connectivity index (χ4n) is 4.54. The molecule has 4 rings (SSSR count).